The van der Waals surface area contributed by atoms with E-state index in [-0.39, 0.29) is 23.6 Å². The molecule has 3 aliphatic rings. The quantitative estimate of drug-likeness (QED) is 0.623. The van der Waals surface area contributed by atoms with Gasteiger partial charge in [-0.05, 0) is 31.5 Å². The number of nitrogens with zero attached hydrogens (tertiary/aromatic N) is 2. The van der Waals surface area contributed by atoms with E-state index in [1.54, 1.807) is 24.3 Å². The first-order chi connectivity index (χ1) is 13.2. The summed E-state index contributed by atoms with van der Waals surface area (Å²) >= 11 is 0. The molecule has 0 aromatic heterocycles. The van der Waals surface area contributed by atoms with Crippen LogP contribution in [0.15, 0.2) is 60.7 Å². The third-order valence-corrected chi connectivity index (χ3v) is 6.19. The van der Waals surface area contributed by atoms with E-state index < -0.39 is 17.9 Å². The van der Waals surface area contributed by atoms with E-state index in [0.29, 0.717) is 11.3 Å². The minimum absolute atomic E-state index is 0.0159. The van der Waals surface area contributed by atoms with E-state index in [0.717, 1.165) is 19.4 Å². The van der Waals surface area contributed by atoms with Crippen molar-refractivity contribution in [2.24, 2.45) is 11.8 Å². The van der Waals surface area contributed by atoms with E-state index in [9.17, 15) is 14.4 Å². The van der Waals surface area contributed by atoms with Crippen LogP contribution in [0.3, 0.4) is 0 Å². The second-order valence-electron chi connectivity index (χ2n) is 7.52. The number of hydrogen-bond donors (Lipinski definition) is 0. The topological polar surface area (TPSA) is 57.7 Å². The summed E-state index contributed by atoms with van der Waals surface area (Å²) in [6.45, 7) is 0.771. The van der Waals surface area contributed by atoms with Crippen molar-refractivity contribution in [3.8, 4) is 0 Å². The van der Waals surface area contributed by atoms with Crippen LogP contribution in [0.25, 0.3) is 0 Å². The van der Waals surface area contributed by atoms with Crippen LogP contribution in [0.1, 0.15) is 23.2 Å². The molecule has 27 heavy (non-hydrogen) atoms. The molecule has 0 aliphatic carbocycles. The monoisotopic (exact) mass is 360 g/mol. The van der Waals surface area contributed by atoms with Crippen molar-refractivity contribution >= 4 is 23.3 Å². The predicted molar refractivity (Wildman–Crippen MR) is 100 cm³/mol. The molecule has 136 valence electrons. The first kappa shape index (κ1) is 16.4. The van der Waals surface area contributed by atoms with Gasteiger partial charge in [0.25, 0.3) is 0 Å². The van der Waals surface area contributed by atoms with Gasteiger partial charge >= 0.3 is 0 Å². The van der Waals surface area contributed by atoms with E-state index in [1.807, 2.05) is 36.4 Å². The molecule has 3 saturated heterocycles. The molecule has 0 N–H and O–H groups in total. The van der Waals surface area contributed by atoms with Crippen LogP contribution in [0.5, 0.6) is 0 Å². The number of carbonyl (C=O) groups is 3. The first-order valence-electron chi connectivity index (χ1n) is 9.46. The van der Waals surface area contributed by atoms with Gasteiger partial charge in [0.2, 0.25) is 11.8 Å². The zero-order chi connectivity index (χ0) is 18.5. The van der Waals surface area contributed by atoms with Crippen molar-refractivity contribution in [1.29, 1.82) is 0 Å². The molecule has 0 spiro atoms. The van der Waals surface area contributed by atoms with Crippen LogP contribution >= 0.6 is 0 Å². The maximum atomic E-state index is 13.3. The molecule has 4 unspecified atom stereocenters. The highest BCUT2D eigenvalue weighted by Gasteiger charge is 2.64. The van der Waals surface area contributed by atoms with Gasteiger partial charge in [0.1, 0.15) is 0 Å². The first-order valence-corrected chi connectivity index (χ1v) is 9.46. The Labute approximate surface area is 157 Å². The number of Topliss-reactive ketones (excluding diaryl/α,β-unsaturated/α-hetero) is 1. The summed E-state index contributed by atoms with van der Waals surface area (Å²) in [6, 6.07) is 17.6. The van der Waals surface area contributed by atoms with Crippen LogP contribution in [-0.4, -0.2) is 41.1 Å². The number of amides is 2. The third-order valence-electron chi connectivity index (χ3n) is 6.19. The maximum Gasteiger partial charge on any atom is 0.239 e. The Kier molecular flexibility index (Phi) is 3.72. The molecule has 5 heteroatoms. The fourth-order valence-electron chi connectivity index (χ4n) is 5.12. The number of hydrogen-bond acceptors (Lipinski definition) is 4. The lowest BCUT2D eigenvalue weighted by Crippen LogP contribution is -2.46. The number of carbonyl (C=O) groups excluding carboxylic acids is 3. The number of rotatable bonds is 3. The van der Waals surface area contributed by atoms with Crippen LogP contribution in [0.4, 0.5) is 5.69 Å². The average molecular weight is 360 g/mol. The molecular weight excluding hydrogens is 340 g/mol. The summed E-state index contributed by atoms with van der Waals surface area (Å²) in [6.07, 6.45) is 1.82. The molecule has 0 bridgehead atoms. The zero-order valence-electron chi connectivity index (χ0n) is 14.8. The summed E-state index contributed by atoms with van der Waals surface area (Å²) in [4.78, 5) is 43.2. The Morgan fingerprint density at radius 3 is 2.19 bits per heavy atom. The normalized spacial score (nSPS) is 29.9. The van der Waals surface area contributed by atoms with Crippen LogP contribution in [-0.2, 0) is 9.59 Å². The highest BCUT2D eigenvalue weighted by Crippen LogP contribution is 2.48. The largest absolute Gasteiger partial charge is 0.292 e. The molecule has 2 aromatic rings. The van der Waals surface area contributed by atoms with Crippen molar-refractivity contribution in [3.63, 3.8) is 0 Å². The number of imide groups is 1. The van der Waals surface area contributed by atoms with Gasteiger partial charge in [-0.3, -0.25) is 19.3 Å². The molecule has 5 rings (SSSR count). The second-order valence-corrected chi connectivity index (χ2v) is 7.52. The Morgan fingerprint density at radius 2 is 1.48 bits per heavy atom. The summed E-state index contributed by atoms with van der Waals surface area (Å²) in [5.41, 5.74) is 1.20. The van der Waals surface area contributed by atoms with Gasteiger partial charge in [-0.15, -0.1) is 0 Å². The zero-order valence-corrected chi connectivity index (χ0v) is 14.8. The molecule has 2 amide bonds. The lowest BCUT2D eigenvalue weighted by atomic mass is 9.85. The fourth-order valence-corrected chi connectivity index (χ4v) is 5.12. The van der Waals surface area contributed by atoms with E-state index in [2.05, 4.69) is 4.90 Å². The molecule has 3 aliphatic heterocycles. The number of fused-ring (bicyclic) bond motifs is 3. The smallest absolute Gasteiger partial charge is 0.239 e. The van der Waals surface area contributed by atoms with Gasteiger partial charge in [0.05, 0.1) is 23.6 Å². The van der Waals surface area contributed by atoms with Crippen LogP contribution in [0.2, 0.25) is 0 Å². The summed E-state index contributed by atoms with van der Waals surface area (Å²) in [5.74, 6) is -1.45. The third kappa shape index (κ3) is 2.31. The van der Waals surface area contributed by atoms with E-state index >= 15 is 0 Å². The van der Waals surface area contributed by atoms with Crippen molar-refractivity contribution < 1.29 is 14.4 Å². The van der Waals surface area contributed by atoms with Crippen LogP contribution in [0, 0.1) is 11.8 Å². The van der Waals surface area contributed by atoms with Gasteiger partial charge in [-0.25, -0.2) is 4.90 Å². The minimum atomic E-state index is -0.587. The number of anilines is 1. The SMILES string of the molecule is O=C(c1ccccc1)C1C2C(=O)N(c3ccccc3)C(=O)C2C2CCCN21. The van der Waals surface area contributed by atoms with Crippen molar-refractivity contribution in [1.82, 2.24) is 4.90 Å². The van der Waals surface area contributed by atoms with Crippen molar-refractivity contribution in [2.45, 2.75) is 24.9 Å². The highest BCUT2D eigenvalue weighted by atomic mass is 16.2. The summed E-state index contributed by atoms with van der Waals surface area (Å²) in [5, 5.41) is 0. The van der Waals surface area contributed by atoms with Crippen molar-refractivity contribution in [3.05, 3.63) is 66.2 Å². The molecule has 5 nitrogen and oxygen atoms in total. The van der Waals surface area contributed by atoms with E-state index in [4.69, 9.17) is 0 Å². The molecule has 0 saturated carbocycles. The van der Waals surface area contributed by atoms with Gasteiger partial charge in [-0.1, -0.05) is 48.5 Å². The lowest BCUT2D eigenvalue weighted by molar-refractivity contribution is -0.123. The average Bonchev–Trinajstić information content (AvgIpc) is 3.35. The Morgan fingerprint density at radius 1 is 0.852 bits per heavy atom. The minimum Gasteiger partial charge on any atom is -0.292 e. The Hall–Kier alpha value is -2.79. The Balaban J connectivity index is 1.57. The molecule has 4 atom stereocenters. The second kappa shape index (κ2) is 6.13. The summed E-state index contributed by atoms with van der Waals surface area (Å²) in [7, 11) is 0. The van der Waals surface area contributed by atoms with Crippen molar-refractivity contribution in [2.75, 3.05) is 11.4 Å². The number of para-hydroxylation sites is 1. The van der Waals surface area contributed by atoms with E-state index in [1.165, 1.54) is 4.90 Å². The standard InChI is InChI=1S/C22H20N2O3/c25-20(14-8-3-1-4-9-14)19-18-17(16-12-7-13-23(16)19)21(26)24(22(18)27)15-10-5-2-6-11-15/h1-6,8-11,16-19H,7,12-13H2. The van der Waals surface area contributed by atoms with Gasteiger partial charge in [-0.2, -0.15) is 0 Å². The summed E-state index contributed by atoms with van der Waals surface area (Å²) < 4.78 is 0. The molecule has 3 fully saturated rings. The van der Waals surface area contributed by atoms with Gasteiger partial charge in [0, 0.05) is 11.6 Å². The predicted octanol–water partition coefficient (Wildman–Crippen LogP) is 2.52. The van der Waals surface area contributed by atoms with Gasteiger partial charge < -0.3 is 0 Å². The molecule has 3 heterocycles. The molecular formula is C22H20N2O3. The molecule has 2 aromatic carbocycles. The fraction of sp³-hybridized carbons (Fsp3) is 0.318. The highest BCUT2D eigenvalue weighted by molar-refractivity contribution is 6.24. The Bertz CT molecular complexity index is 912. The lowest BCUT2D eigenvalue weighted by Gasteiger charge is -2.27. The molecule has 0 radical (unpaired) electrons. The van der Waals surface area contributed by atoms with Crippen LogP contribution < -0.4 is 4.90 Å². The maximum absolute atomic E-state index is 13.3. The number of ketones is 1. The number of benzene rings is 2. The van der Waals surface area contributed by atoms with Gasteiger partial charge in [0.15, 0.2) is 5.78 Å².